The maximum Gasteiger partial charge on any atom is 0.247 e. The Balaban J connectivity index is 1.65. The largest absolute Gasteiger partial charge is 0.331 e. The van der Waals surface area contributed by atoms with Gasteiger partial charge in [0.2, 0.25) is 5.91 Å². The highest BCUT2D eigenvalue weighted by Gasteiger charge is 2.10. The predicted octanol–water partition coefficient (Wildman–Crippen LogP) is 3.57. The Bertz CT molecular complexity index is 933. The first kappa shape index (κ1) is 16.5. The number of amides is 1. The number of carbonyl (C=O) groups is 1. The molecule has 3 aromatic rings. The van der Waals surface area contributed by atoms with E-state index in [0.717, 1.165) is 16.6 Å². The Labute approximate surface area is 148 Å². The lowest BCUT2D eigenvalue weighted by Gasteiger charge is -2.02. The van der Waals surface area contributed by atoms with Crippen LogP contribution in [0.2, 0.25) is 10.0 Å². The number of rotatable bonds is 4. The van der Waals surface area contributed by atoms with Crippen LogP contribution in [0, 0.1) is 0 Å². The fraction of sp³-hybridized carbons (Fsp3) is 0.118. The molecule has 0 aliphatic rings. The molecular formula is C17H14Cl2N4O. The first-order valence-electron chi connectivity index (χ1n) is 7.22. The highest BCUT2D eigenvalue weighted by Crippen LogP contribution is 2.21. The standard InChI is InChI=1S/C17H14Cl2N4O/c1-23-15-5-3-2-4-14(15)21-16(23)9-17(24)22-20-10-11-6-7-12(18)13(19)8-11/h2-8,10H,9H2,1H3,(H,22,24)/b20-10+. The van der Waals surface area contributed by atoms with E-state index in [2.05, 4.69) is 15.5 Å². The summed E-state index contributed by atoms with van der Waals surface area (Å²) in [6.07, 6.45) is 1.65. The van der Waals surface area contributed by atoms with Crippen molar-refractivity contribution in [3.05, 3.63) is 63.9 Å². The van der Waals surface area contributed by atoms with Crippen LogP contribution in [0.25, 0.3) is 11.0 Å². The zero-order chi connectivity index (χ0) is 17.1. The number of hydrogen-bond donors (Lipinski definition) is 1. The number of aromatic nitrogens is 2. The highest BCUT2D eigenvalue weighted by molar-refractivity contribution is 6.42. The molecule has 1 N–H and O–H groups in total. The number of hydrogen-bond acceptors (Lipinski definition) is 3. The predicted molar refractivity (Wildman–Crippen MR) is 96.6 cm³/mol. The van der Waals surface area contributed by atoms with Gasteiger partial charge >= 0.3 is 0 Å². The summed E-state index contributed by atoms with van der Waals surface area (Å²) in [6.45, 7) is 0. The Morgan fingerprint density at radius 1 is 1.25 bits per heavy atom. The van der Waals surface area contributed by atoms with Crippen LogP contribution in [0.15, 0.2) is 47.6 Å². The number of hydrazone groups is 1. The second kappa shape index (κ2) is 7.03. The minimum atomic E-state index is -0.246. The van der Waals surface area contributed by atoms with Crippen molar-refractivity contribution in [2.75, 3.05) is 0 Å². The molecule has 1 amide bonds. The van der Waals surface area contributed by atoms with Crippen molar-refractivity contribution in [1.82, 2.24) is 15.0 Å². The molecule has 0 radical (unpaired) electrons. The van der Waals surface area contributed by atoms with Crippen LogP contribution in [-0.2, 0) is 18.3 Å². The van der Waals surface area contributed by atoms with Gasteiger partial charge in [-0.1, -0.05) is 41.4 Å². The van der Waals surface area contributed by atoms with Crippen LogP contribution in [0.5, 0.6) is 0 Å². The van der Waals surface area contributed by atoms with Crippen molar-refractivity contribution in [2.45, 2.75) is 6.42 Å². The molecule has 0 spiro atoms. The van der Waals surface area contributed by atoms with Crippen molar-refractivity contribution >= 4 is 46.4 Å². The van der Waals surface area contributed by atoms with E-state index >= 15 is 0 Å². The van der Waals surface area contributed by atoms with E-state index < -0.39 is 0 Å². The normalized spacial score (nSPS) is 11.3. The number of imidazole rings is 1. The SMILES string of the molecule is Cn1c(CC(=O)N/N=C/c2ccc(Cl)c(Cl)c2)nc2ccccc21. The van der Waals surface area contributed by atoms with Gasteiger partial charge in [0.1, 0.15) is 5.82 Å². The third-order valence-corrected chi connectivity index (χ3v) is 4.28. The van der Waals surface area contributed by atoms with Crippen LogP contribution in [-0.4, -0.2) is 21.7 Å². The molecule has 2 aromatic carbocycles. The zero-order valence-electron chi connectivity index (χ0n) is 12.8. The van der Waals surface area contributed by atoms with Crippen molar-refractivity contribution in [3.63, 3.8) is 0 Å². The van der Waals surface area contributed by atoms with Gasteiger partial charge in [0, 0.05) is 7.05 Å². The average molecular weight is 361 g/mol. The number of benzene rings is 2. The molecule has 1 heterocycles. The number of aryl methyl sites for hydroxylation is 1. The van der Waals surface area contributed by atoms with E-state index in [4.69, 9.17) is 23.2 Å². The Hall–Kier alpha value is -2.37. The maximum absolute atomic E-state index is 12.0. The van der Waals surface area contributed by atoms with Gasteiger partial charge in [-0.25, -0.2) is 10.4 Å². The first-order chi connectivity index (χ1) is 11.5. The van der Waals surface area contributed by atoms with Crippen LogP contribution in [0.4, 0.5) is 0 Å². The molecule has 5 nitrogen and oxygen atoms in total. The van der Waals surface area contributed by atoms with Crippen LogP contribution < -0.4 is 5.43 Å². The lowest BCUT2D eigenvalue weighted by atomic mass is 10.2. The summed E-state index contributed by atoms with van der Waals surface area (Å²) >= 11 is 11.8. The Kier molecular flexibility index (Phi) is 4.83. The van der Waals surface area contributed by atoms with Gasteiger partial charge in [-0.2, -0.15) is 5.10 Å². The Morgan fingerprint density at radius 2 is 2.04 bits per heavy atom. The summed E-state index contributed by atoms with van der Waals surface area (Å²) in [4.78, 5) is 16.5. The van der Waals surface area contributed by atoms with Crippen molar-refractivity contribution < 1.29 is 4.79 Å². The van der Waals surface area contributed by atoms with E-state index in [9.17, 15) is 4.79 Å². The summed E-state index contributed by atoms with van der Waals surface area (Å²) in [6, 6.07) is 12.8. The van der Waals surface area contributed by atoms with Gasteiger partial charge in [0.15, 0.2) is 0 Å². The van der Waals surface area contributed by atoms with Crippen molar-refractivity contribution in [1.29, 1.82) is 0 Å². The molecule has 3 rings (SSSR count). The maximum atomic E-state index is 12.0. The summed E-state index contributed by atoms with van der Waals surface area (Å²) in [7, 11) is 1.89. The van der Waals surface area contributed by atoms with Crippen LogP contribution >= 0.6 is 23.2 Å². The minimum Gasteiger partial charge on any atom is -0.331 e. The number of nitrogens with zero attached hydrogens (tertiary/aromatic N) is 3. The fourth-order valence-corrected chi connectivity index (χ4v) is 2.61. The first-order valence-corrected chi connectivity index (χ1v) is 7.97. The number of carbonyl (C=O) groups excluding carboxylic acids is 1. The van der Waals surface area contributed by atoms with E-state index in [0.29, 0.717) is 15.9 Å². The summed E-state index contributed by atoms with van der Waals surface area (Å²) in [5.41, 5.74) is 5.08. The number of halogens is 2. The molecule has 7 heteroatoms. The van der Waals surface area contributed by atoms with E-state index in [1.54, 1.807) is 18.2 Å². The molecule has 24 heavy (non-hydrogen) atoms. The van der Waals surface area contributed by atoms with E-state index in [1.165, 1.54) is 6.21 Å². The van der Waals surface area contributed by atoms with Crippen molar-refractivity contribution in [3.8, 4) is 0 Å². The second-order valence-corrected chi connectivity index (χ2v) is 6.03. The average Bonchev–Trinajstić information content (AvgIpc) is 2.87. The molecular weight excluding hydrogens is 347 g/mol. The molecule has 0 fully saturated rings. The number of para-hydroxylation sites is 2. The summed E-state index contributed by atoms with van der Waals surface area (Å²) in [5, 5.41) is 4.84. The second-order valence-electron chi connectivity index (χ2n) is 5.22. The number of nitrogens with one attached hydrogen (secondary N) is 1. The molecule has 0 saturated carbocycles. The molecule has 0 saturated heterocycles. The molecule has 0 atom stereocenters. The van der Waals surface area contributed by atoms with Crippen LogP contribution in [0.1, 0.15) is 11.4 Å². The monoisotopic (exact) mass is 360 g/mol. The lowest BCUT2D eigenvalue weighted by molar-refractivity contribution is -0.120. The smallest absolute Gasteiger partial charge is 0.247 e. The molecule has 0 aliphatic heterocycles. The third kappa shape index (κ3) is 3.58. The van der Waals surface area contributed by atoms with E-state index in [1.807, 2.05) is 35.9 Å². The molecule has 0 bridgehead atoms. The van der Waals surface area contributed by atoms with Crippen LogP contribution in [0.3, 0.4) is 0 Å². The molecule has 122 valence electrons. The number of fused-ring (bicyclic) bond motifs is 1. The summed E-state index contributed by atoms with van der Waals surface area (Å²) in [5.74, 6) is 0.433. The third-order valence-electron chi connectivity index (χ3n) is 3.54. The van der Waals surface area contributed by atoms with E-state index in [-0.39, 0.29) is 12.3 Å². The Morgan fingerprint density at radius 3 is 2.79 bits per heavy atom. The highest BCUT2D eigenvalue weighted by atomic mass is 35.5. The topological polar surface area (TPSA) is 59.3 Å². The van der Waals surface area contributed by atoms with Gasteiger partial charge in [-0.05, 0) is 29.8 Å². The summed E-state index contributed by atoms with van der Waals surface area (Å²) < 4.78 is 1.90. The van der Waals surface area contributed by atoms with Gasteiger partial charge in [-0.3, -0.25) is 4.79 Å². The molecule has 1 aromatic heterocycles. The van der Waals surface area contributed by atoms with Gasteiger partial charge < -0.3 is 4.57 Å². The molecule has 0 unspecified atom stereocenters. The van der Waals surface area contributed by atoms with Crippen molar-refractivity contribution in [2.24, 2.45) is 12.1 Å². The molecule has 0 aliphatic carbocycles. The fourth-order valence-electron chi connectivity index (χ4n) is 2.31. The van der Waals surface area contributed by atoms with Gasteiger partial charge in [-0.15, -0.1) is 0 Å². The lowest BCUT2D eigenvalue weighted by Crippen LogP contribution is -2.21. The zero-order valence-corrected chi connectivity index (χ0v) is 14.3. The van der Waals surface area contributed by atoms with Gasteiger partial charge in [0.05, 0.1) is 33.7 Å². The van der Waals surface area contributed by atoms with Gasteiger partial charge in [0.25, 0.3) is 0 Å². The quantitative estimate of drug-likeness (QED) is 0.571. The minimum absolute atomic E-state index is 0.143.